The first-order valence-electron chi connectivity index (χ1n) is 9.97. The number of halogens is 1. The molecule has 30 heavy (non-hydrogen) atoms. The molecule has 7 heteroatoms. The Hall–Kier alpha value is -3.48. The maximum atomic E-state index is 14.0. The predicted molar refractivity (Wildman–Crippen MR) is 112 cm³/mol. The highest BCUT2D eigenvalue weighted by Crippen LogP contribution is 2.31. The number of carbonyl (C=O) groups is 1. The van der Waals surface area contributed by atoms with Crippen molar-refractivity contribution in [1.82, 2.24) is 24.1 Å². The Balaban J connectivity index is 1.50. The summed E-state index contributed by atoms with van der Waals surface area (Å²) in [5.41, 5.74) is 6.63. The Kier molecular flexibility index (Phi) is 4.20. The molecular weight excluding hydrogens is 381 g/mol. The van der Waals surface area contributed by atoms with Crippen molar-refractivity contribution in [3.8, 4) is 11.3 Å². The van der Waals surface area contributed by atoms with Crippen LogP contribution in [0.5, 0.6) is 0 Å². The number of aryl methyl sites for hydroxylation is 3. The van der Waals surface area contributed by atoms with Crippen LogP contribution in [0, 0.1) is 19.7 Å². The van der Waals surface area contributed by atoms with Crippen LogP contribution in [0.15, 0.2) is 42.6 Å². The lowest BCUT2D eigenvalue weighted by molar-refractivity contribution is 0.0724. The molecule has 0 spiro atoms. The van der Waals surface area contributed by atoms with E-state index in [9.17, 15) is 9.18 Å². The maximum Gasteiger partial charge on any atom is 0.273 e. The van der Waals surface area contributed by atoms with Crippen LogP contribution in [0.3, 0.4) is 0 Å². The van der Waals surface area contributed by atoms with Crippen LogP contribution >= 0.6 is 0 Å². The lowest BCUT2D eigenvalue weighted by Crippen LogP contribution is -2.36. The van der Waals surface area contributed by atoms with Gasteiger partial charge in [0.05, 0.1) is 23.6 Å². The minimum atomic E-state index is -0.254. The molecule has 0 saturated heterocycles. The predicted octanol–water partition coefficient (Wildman–Crippen LogP) is 3.69. The summed E-state index contributed by atoms with van der Waals surface area (Å²) in [6, 6.07) is 10.7. The van der Waals surface area contributed by atoms with E-state index in [1.165, 1.54) is 6.07 Å². The molecule has 1 aromatic carbocycles. The van der Waals surface area contributed by atoms with Gasteiger partial charge in [-0.05, 0) is 56.2 Å². The van der Waals surface area contributed by atoms with E-state index in [0.717, 1.165) is 33.7 Å². The van der Waals surface area contributed by atoms with Crippen molar-refractivity contribution in [3.63, 3.8) is 0 Å². The van der Waals surface area contributed by atoms with Gasteiger partial charge in [0.2, 0.25) is 0 Å². The Labute approximate surface area is 173 Å². The fourth-order valence-corrected chi connectivity index (χ4v) is 4.45. The normalized spacial score (nSPS) is 13.7. The van der Waals surface area contributed by atoms with Crippen LogP contribution in [0.4, 0.5) is 4.39 Å². The Bertz CT molecular complexity index is 1280. The minimum absolute atomic E-state index is 0.0503. The molecule has 4 heterocycles. The molecule has 4 aromatic rings. The zero-order valence-corrected chi connectivity index (χ0v) is 17.2. The van der Waals surface area contributed by atoms with Crippen LogP contribution in [0.1, 0.15) is 33.0 Å². The standard InChI is InChI=1S/C23H22FN5O/c1-14-10-16(12-17(24)11-14)22-18-7-9-28(13-19(18)26-27(22)3)23(30)21-15(2)25-20-6-4-5-8-29(20)21/h4-6,8,10-12H,7,9,13H2,1-3H3. The molecule has 0 bridgehead atoms. The molecule has 1 amide bonds. The van der Waals surface area contributed by atoms with Crippen molar-refractivity contribution in [2.75, 3.05) is 6.54 Å². The Morgan fingerprint density at radius 1 is 1.17 bits per heavy atom. The number of hydrogen-bond donors (Lipinski definition) is 0. The van der Waals surface area contributed by atoms with Gasteiger partial charge in [-0.3, -0.25) is 13.9 Å². The number of aromatic nitrogens is 4. The number of pyridine rings is 1. The molecule has 0 radical (unpaired) electrons. The average Bonchev–Trinajstić information content (AvgIpc) is 3.21. The lowest BCUT2D eigenvalue weighted by Gasteiger charge is -2.26. The monoisotopic (exact) mass is 403 g/mol. The van der Waals surface area contributed by atoms with Gasteiger partial charge in [0, 0.05) is 30.9 Å². The van der Waals surface area contributed by atoms with E-state index in [4.69, 9.17) is 0 Å². The van der Waals surface area contributed by atoms with Gasteiger partial charge in [-0.25, -0.2) is 9.37 Å². The van der Waals surface area contributed by atoms with Crippen molar-refractivity contribution in [3.05, 3.63) is 76.6 Å². The number of imidazole rings is 1. The molecule has 0 N–H and O–H groups in total. The van der Waals surface area contributed by atoms with Crippen LogP contribution in [-0.2, 0) is 20.0 Å². The first-order valence-corrected chi connectivity index (χ1v) is 9.97. The molecule has 1 aliphatic heterocycles. The van der Waals surface area contributed by atoms with E-state index >= 15 is 0 Å². The summed E-state index contributed by atoms with van der Waals surface area (Å²) in [5, 5.41) is 4.66. The number of hydrogen-bond acceptors (Lipinski definition) is 3. The van der Waals surface area contributed by atoms with Gasteiger partial charge < -0.3 is 4.90 Å². The second-order valence-electron chi connectivity index (χ2n) is 7.87. The fraction of sp³-hybridized carbons (Fsp3) is 0.261. The SMILES string of the molecule is Cc1cc(F)cc(-c2c3c(nn2C)CN(C(=O)c2c(C)nc4ccccn24)CC3)c1. The summed E-state index contributed by atoms with van der Waals surface area (Å²) in [5.74, 6) is -0.304. The van der Waals surface area contributed by atoms with Crippen molar-refractivity contribution in [2.45, 2.75) is 26.8 Å². The van der Waals surface area contributed by atoms with Gasteiger partial charge in [0.25, 0.3) is 5.91 Å². The van der Waals surface area contributed by atoms with E-state index in [2.05, 4.69) is 10.1 Å². The summed E-state index contributed by atoms with van der Waals surface area (Å²) < 4.78 is 17.6. The molecule has 1 aliphatic rings. The molecule has 6 nitrogen and oxygen atoms in total. The second kappa shape index (κ2) is 6.79. The van der Waals surface area contributed by atoms with E-state index in [0.29, 0.717) is 30.9 Å². The van der Waals surface area contributed by atoms with E-state index in [1.54, 1.807) is 10.7 Å². The number of benzene rings is 1. The average molecular weight is 403 g/mol. The fourth-order valence-electron chi connectivity index (χ4n) is 4.45. The summed E-state index contributed by atoms with van der Waals surface area (Å²) in [7, 11) is 1.87. The van der Waals surface area contributed by atoms with Crippen molar-refractivity contribution >= 4 is 11.6 Å². The Morgan fingerprint density at radius 3 is 2.80 bits per heavy atom. The van der Waals surface area contributed by atoms with Gasteiger partial charge in [0.1, 0.15) is 17.2 Å². The largest absolute Gasteiger partial charge is 0.331 e. The third-order valence-corrected chi connectivity index (χ3v) is 5.71. The number of carbonyl (C=O) groups excluding carboxylic acids is 1. The zero-order chi connectivity index (χ0) is 21.0. The highest BCUT2D eigenvalue weighted by Gasteiger charge is 2.30. The second-order valence-corrected chi connectivity index (χ2v) is 7.87. The van der Waals surface area contributed by atoms with Crippen LogP contribution in [0.2, 0.25) is 0 Å². The van der Waals surface area contributed by atoms with Gasteiger partial charge in [-0.15, -0.1) is 0 Å². The minimum Gasteiger partial charge on any atom is -0.331 e. The Morgan fingerprint density at radius 2 is 2.00 bits per heavy atom. The first-order chi connectivity index (χ1) is 14.4. The highest BCUT2D eigenvalue weighted by molar-refractivity contribution is 5.95. The first kappa shape index (κ1) is 18.5. The summed E-state index contributed by atoms with van der Waals surface area (Å²) >= 11 is 0. The molecule has 0 fully saturated rings. The molecule has 0 atom stereocenters. The van der Waals surface area contributed by atoms with Gasteiger partial charge in [0.15, 0.2) is 0 Å². The maximum absolute atomic E-state index is 14.0. The number of fused-ring (bicyclic) bond motifs is 2. The molecule has 152 valence electrons. The smallest absolute Gasteiger partial charge is 0.273 e. The third-order valence-electron chi connectivity index (χ3n) is 5.71. The zero-order valence-electron chi connectivity index (χ0n) is 17.2. The molecule has 0 aliphatic carbocycles. The molecule has 0 saturated carbocycles. The molecule has 5 rings (SSSR count). The quantitative estimate of drug-likeness (QED) is 0.513. The number of nitrogens with zero attached hydrogens (tertiary/aromatic N) is 5. The van der Waals surface area contributed by atoms with Gasteiger partial charge in [-0.2, -0.15) is 5.10 Å². The van der Waals surface area contributed by atoms with Gasteiger partial charge >= 0.3 is 0 Å². The topological polar surface area (TPSA) is 55.4 Å². The summed E-state index contributed by atoms with van der Waals surface area (Å²) in [6.45, 7) is 4.75. The third kappa shape index (κ3) is 2.89. The molecular formula is C23H22FN5O. The van der Waals surface area contributed by atoms with E-state index < -0.39 is 0 Å². The number of amides is 1. The van der Waals surface area contributed by atoms with E-state index in [-0.39, 0.29) is 11.7 Å². The summed E-state index contributed by atoms with van der Waals surface area (Å²) in [4.78, 5) is 19.7. The summed E-state index contributed by atoms with van der Waals surface area (Å²) in [6.07, 6.45) is 2.54. The van der Waals surface area contributed by atoms with Crippen molar-refractivity contribution in [2.24, 2.45) is 7.05 Å². The number of rotatable bonds is 2. The molecule has 0 unspecified atom stereocenters. The van der Waals surface area contributed by atoms with Crippen molar-refractivity contribution < 1.29 is 9.18 Å². The van der Waals surface area contributed by atoms with Crippen LogP contribution < -0.4 is 0 Å². The van der Waals surface area contributed by atoms with Crippen molar-refractivity contribution in [1.29, 1.82) is 0 Å². The lowest BCUT2D eigenvalue weighted by atomic mass is 9.98. The molecule has 3 aromatic heterocycles. The van der Waals surface area contributed by atoms with E-state index in [1.807, 2.05) is 60.7 Å². The van der Waals surface area contributed by atoms with Crippen LogP contribution in [-0.4, -0.2) is 36.5 Å². The van der Waals surface area contributed by atoms with Gasteiger partial charge in [-0.1, -0.05) is 6.07 Å². The van der Waals surface area contributed by atoms with Crippen LogP contribution in [0.25, 0.3) is 16.9 Å². The highest BCUT2D eigenvalue weighted by atomic mass is 19.1.